The number of quaternary nitrogens is 1. The van der Waals surface area contributed by atoms with Gasteiger partial charge in [0.15, 0.2) is 6.54 Å². The lowest BCUT2D eigenvalue weighted by atomic mass is 10.2. The van der Waals surface area contributed by atoms with E-state index in [0.717, 1.165) is 34.4 Å². The number of likely N-dealkylation sites (N-methyl/N-ethyl adjacent to an activating group) is 2. The van der Waals surface area contributed by atoms with Gasteiger partial charge in [0.05, 0.1) is 6.54 Å². The topological polar surface area (TPSA) is 46.4 Å². The highest BCUT2D eigenvalue weighted by Gasteiger charge is 2.14. The summed E-state index contributed by atoms with van der Waals surface area (Å²) >= 11 is 7.53. The Morgan fingerprint density at radius 3 is 2.68 bits per heavy atom. The third kappa shape index (κ3) is 4.80. The van der Waals surface area contributed by atoms with Gasteiger partial charge in [-0.2, -0.15) is 0 Å². The maximum Gasteiger partial charge on any atom is 0.275 e. The Morgan fingerprint density at radius 1 is 1.32 bits per heavy atom. The Morgan fingerprint density at radius 2 is 2.05 bits per heavy atom. The van der Waals surface area contributed by atoms with Crippen LogP contribution in [0, 0.1) is 0 Å². The van der Waals surface area contributed by atoms with Gasteiger partial charge in [-0.05, 0) is 26.0 Å². The highest BCUT2D eigenvalue weighted by atomic mass is 35.5. The summed E-state index contributed by atoms with van der Waals surface area (Å²) in [6.45, 7) is 6.83. The van der Waals surface area contributed by atoms with Crippen LogP contribution in [0.4, 0.5) is 0 Å². The molecule has 22 heavy (non-hydrogen) atoms. The fourth-order valence-corrected chi connectivity index (χ4v) is 3.12. The summed E-state index contributed by atoms with van der Waals surface area (Å²) in [6, 6.07) is 7.70. The Bertz CT molecular complexity index is 612. The number of halogens is 1. The Labute approximate surface area is 140 Å². The van der Waals surface area contributed by atoms with Gasteiger partial charge < -0.3 is 10.2 Å². The lowest BCUT2D eigenvalue weighted by molar-refractivity contribution is -0.904. The van der Waals surface area contributed by atoms with E-state index in [1.807, 2.05) is 31.2 Å². The van der Waals surface area contributed by atoms with Crippen molar-refractivity contribution < 1.29 is 9.69 Å². The third-order valence-electron chi connectivity index (χ3n) is 3.36. The molecule has 0 spiro atoms. The van der Waals surface area contributed by atoms with E-state index < -0.39 is 0 Å². The van der Waals surface area contributed by atoms with E-state index >= 15 is 0 Å². The zero-order valence-electron chi connectivity index (χ0n) is 12.9. The third-order valence-corrected chi connectivity index (χ3v) is 4.55. The van der Waals surface area contributed by atoms with Gasteiger partial charge in [0.25, 0.3) is 5.91 Å². The van der Waals surface area contributed by atoms with E-state index in [2.05, 4.69) is 22.6 Å². The summed E-state index contributed by atoms with van der Waals surface area (Å²) in [4.78, 5) is 17.6. The second-order valence-electron chi connectivity index (χ2n) is 5.06. The number of nitrogens with zero attached hydrogens (tertiary/aromatic N) is 1. The SMILES string of the molecule is CCNC(=O)C[NH+](CC)Cc1csc(-c2ccc(Cl)cc2)n1. The first-order valence-corrected chi connectivity index (χ1v) is 8.68. The maximum absolute atomic E-state index is 11.7. The van der Waals surface area contributed by atoms with Crippen LogP contribution in [0.25, 0.3) is 10.6 Å². The molecule has 0 aliphatic rings. The molecule has 1 aromatic carbocycles. The fourth-order valence-electron chi connectivity index (χ4n) is 2.17. The zero-order valence-corrected chi connectivity index (χ0v) is 14.4. The second kappa shape index (κ2) is 8.27. The molecule has 4 nitrogen and oxygen atoms in total. The number of thiazole rings is 1. The second-order valence-corrected chi connectivity index (χ2v) is 6.36. The molecule has 0 bridgehead atoms. The van der Waals surface area contributed by atoms with Gasteiger partial charge in [0.1, 0.15) is 17.2 Å². The zero-order chi connectivity index (χ0) is 15.9. The fraction of sp³-hybridized carbons (Fsp3) is 0.375. The molecule has 0 radical (unpaired) electrons. The number of nitrogens with one attached hydrogen (secondary N) is 2. The van der Waals surface area contributed by atoms with Crippen LogP contribution >= 0.6 is 22.9 Å². The van der Waals surface area contributed by atoms with Crippen molar-refractivity contribution in [3.05, 3.63) is 40.4 Å². The van der Waals surface area contributed by atoms with Gasteiger partial charge >= 0.3 is 0 Å². The molecular formula is C16H21ClN3OS+. The van der Waals surface area contributed by atoms with Gasteiger partial charge in [-0.25, -0.2) is 4.98 Å². The summed E-state index contributed by atoms with van der Waals surface area (Å²) in [5, 5.41) is 6.62. The molecule has 2 rings (SSSR count). The Balaban J connectivity index is 2.01. The predicted octanol–water partition coefficient (Wildman–Crippen LogP) is 2.00. The lowest BCUT2D eigenvalue weighted by Crippen LogP contribution is -3.11. The molecule has 0 saturated heterocycles. The number of benzene rings is 1. The molecule has 2 N–H and O–H groups in total. The number of hydrogen-bond acceptors (Lipinski definition) is 3. The summed E-state index contributed by atoms with van der Waals surface area (Å²) in [7, 11) is 0. The van der Waals surface area contributed by atoms with Crippen LogP contribution in [-0.4, -0.2) is 30.5 Å². The normalized spacial score (nSPS) is 12.1. The van der Waals surface area contributed by atoms with Crippen molar-refractivity contribution in [1.29, 1.82) is 0 Å². The quantitative estimate of drug-likeness (QED) is 0.811. The molecule has 2 aromatic rings. The highest BCUT2D eigenvalue weighted by molar-refractivity contribution is 7.13. The van der Waals surface area contributed by atoms with Crippen molar-refractivity contribution in [2.75, 3.05) is 19.6 Å². The number of hydrogen-bond donors (Lipinski definition) is 2. The molecule has 6 heteroatoms. The lowest BCUT2D eigenvalue weighted by Gasteiger charge is -2.15. The Kier molecular flexibility index (Phi) is 6.36. The minimum absolute atomic E-state index is 0.0903. The standard InChI is InChI=1S/C16H20ClN3OS/c1-3-18-15(21)10-20(4-2)9-14-11-22-16(19-14)12-5-7-13(17)8-6-12/h5-8,11H,3-4,9-10H2,1-2H3,(H,18,21)/p+1. The molecule has 0 fully saturated rings. The highest BCUT2D eigenvalue weighted by Crippen LogP contribution is 2.24. The molecule has 1 heterocycles. The number of rotatable bonds is 7. The van der Waals surface area contributed by atoms with E-state index in [4.69, 9.17) is 11.6 Å². The van der Waals surface area contributed by atoms with Crippen molar-refractivity contribution in [3.63, 3.8) is 0 Å². The summed E-state index contributed by atoms with van der Waals surface area (Å²) in [5.41, 5.74) is 2.10. The van der Waals surface area contributed by atoms with Crippen molar-refractivity contribution in [1.82, 2.24) is 10.3 Å². The predicted molar refractivity (Wildman–Crippen MR) is 91.3 cm³/mol. The minimum Gasteiger partial charge on any atom is -0.351 e. The maximum atomic E-state index is 11.7. The van der Waals surface area contributed by atoms with E-state index in [0.29, 0.717) is 13.1 Å². The van der Waals surface area contributed by atoms with Crippen LogP contribution in [0.2, 0.25) is 5.02 Å². The number of carbonyl (C=O) groups excluding carboxylic acids is 1. The van der Waals surface area contributed by atoms with E-state index in [-0.39, 0.29) is 5.91 Å². The van der Waals surface area contributed by atoms with Crippen molar-refractivity contribution in [2.45, 2.75) is 20.4 Å². The van der Waals surface area contributed by atoms with Gasteiger partial charge in [-0.3, -0.25) is 4.79 Å². The summed E-state index contributed by atoms with van der Waals surface area (Å²) in [5.74, 6) is 0.0903. The molecule has 118 valence electrons. The molecule has 0 aliphatic heterocycles. The molecule has 1 atom stereocenters. The van der Waals surface area contributed by atoms with Gasteiger partial charge in [-0.1, -0.05) is 23.7 Å². The molecule has 0 aliphatic carbocycles. The average molecular weight is 339 g/mol. The van der Waals surface area contributed by atoms with Crippen LogP contribution in [0.1, 0.15) is 19.5 Å². The summed E-state index contributed by atoms with van der Waals surface area (Å²) < 4.78 is 0. The van der Waals surface area contributed by atoms with Crippen molar-refractivity contribution >= 4 is 28.8 Å². The van der Waals surface area contributed by atoms with Crippen LogP contribution < -0.4 is 10.2 Å². The molecule has 1 unspecified atom stereocenters. The minimum atomic E-state index is 0.0903. The van der Waals surface area contributed by atoms with Crippen molar-refractivity contribution in [2.24, 2.45) is 0 Å². The smallest absolute Gasteiger partial charge is 0.275 e. The molecule has 1 amide bonds. The Hall–Kier alpha value is -1.43. The molecule has 1 aromatic heterocycles. The van der Waals surface area contributed by atoms with Crippen LogP contribution in [0.5, 0.6) is 0 Å². The largest absolute Gasteiger partial charge is 0.351 e. The monoisotopic (exact) mass is 338 g/mol. The first-order valence-electron chi connectivity index (χ1n) is 7.43. The van der Waals surface area contributed by atoms with Crippen LogP contribution in [0.15, 0.2) is 29.6 Å². The number of aromatic nitrogens is 1. The van der Waals surface area contributed by atoms with Gasteiger partial charge in [-0.15, -0.1) is 11.3 Å². The van der Waals surface area contributed by atoms with Crippen LogP contribution in [0.3, 0.4) is 0 Å². The number of carbonyl (C=O) groups is 1. The first kappa shape index (κ1) is 16.9. The van der Waals surface area contributed by atoms with E-state index in [1.54, 1.807) is 11.3 Å². The van der Waals surface area contributed by atoms with Crippen LogP contribution in [-0.2, 0) is 11.3 Å². The van der Waals surface area contributed by atoms with E-state index in [1.165, 1.54) is 4.90 Å². The molecule has 0 saturated carbocycles. The number of amides is 1. The van der Waals surface area contributed by atoms with Gasteiger partial charge in [0, 0.05) is 22.5 Å². The van der Waals surface area contributed by atoms with Gasteiger partial charge in [0.2, 0.25) is 0 Å². The first-order chi connectivity index (χ1) is 10.6. The molecular weight excluding hydrogens is 318 g/mol. The van der Waals surface area contributed by atoms with Crippen molar-refractivity contribution in [3.8, 4) is 10.6 Å². The van der Waals surface area contributed by atoms with E-state index in [9.17, 15) is 4.79 Å². The summed E-state index contributed by atoms with van der Waals surface area (Å²) in [6.07, 6.45) is 0. The average Bonchev–Trinajstić information content (AvgIpc) is 2.96.